The van der Waals surface area contributed by atoms with Gasteiger partial charge in [0, 0.05) is 18.1 Å². The second kappa shape index (κ2) is 10.2. The van der Waals surface area contributed by atoms with Gasteiger partial charge in [0.25, 0.3) is 0 Å². The van der Waals surface area contributed by atoms with E-state index >= 15 is 0 Å². The maximum Gasteiger partial charge on any atom is 0.330 e. The van der Waals surface area contributed by atoms with Crippen molar-refractivity contribution in [2.24, 2.45) is 5.41 Å². The van der Waals surface area contributed by atoms with Crippen LogP contribution in [0.25, 0.3) is 0 Å². The Hall–Kier alpha value is -1.65. The number of aliphatic hydroxyl groups is 1. The molecule has 23 heavy (non-hydrogen) atoms. The number of hydrogen-bond acceptors (Lipinski definition) is 4. The van der Waals surface area contributed by atoms with E-state index in [1.165, 1.54) is 6.08 Å². The third-order valence-corrected chi connectivity index (χ3v) is 4.06. The molecule has 0 aromatic heterocycles. The molecule has 0 aliphatic carbocycles. The summed E-state index contributed by atoms with van der Waals surface area (Å²) in [5.41, 5.74) is 0.644. The first-order valence-corrected chi connectivity index (χ1v) is 8.17. The van der Waals surface area contributed by atoms with Gasteiger partial charge in [0.1, 0.15) is 0 Å². The van der Waals surface area contributed by atoms with Crippen LogP contribution in [0, 0.1) is 5.41 Å². The van der Waals surface area contributed by atoms with E-state index in [0.717, 1.165) is 12.0 Å². The van der Waals surface area contributed by atoms with Crippen molar-refractivity contribution in [3.05, 3.63) is 48.0 Å². The van der Waals surface area contributed by atoms with E-state index < -0.39 is 11.5 Å². The standard InChI is InChI=1S/C19H28O4/c1-4-19(3,13-11-18(21)23-5-2)17(20)12-14-22-15-16-9-7-6-8-10-16/h6-11,13,17,20H,4-5,12,14-15H2,1-3H3/b13-11+/t17-,19+/m1/s1. The third-order valence-electron chi connectivity index (χ3n) is 4.06. The Bertz CT molecular complexity index is 483. The van der Waals surface area contributed by atoms with E-state index in [1.807, 2.05) is 44.2 Å². The van der Waals surface area contributed by atoms with E-state index in [-0.39, 0.29) is 5.97 Å². The number of aliphatic hydroxyl groups excluding tert-OH is 1. The van der Waals surface area contributed by atoms with Crippen LogP contribution < -0.4 is 0 Å². The normalized spacial score (nSPS) is 15.3. The van der Waals surface area contributed by atoms with Crippen LogP contribution in [0.1, 0.15) is 39.2 Å². The predicted molar refractivity (Wildman–Crippen MR) is 90.9 cm³/mol. The van der Waals surface area contributed by atoms with Gasteiger partial charge >= 0.3 is 5.97 Å². The molecule has 0 saturated heterocycles. The Morgan fingerprint density at radius 1 is 1.30 bits per heavy atom. The fourth-order valence-electron chi connectivity index (χ4n) is 2.20. The molecule has 0 bridgehead atoms. The molecule has 0 heterocycles. The van der Waals surface area contributed by atoms with Gasteiger partial charge in [0.05, 0.1) is 19.3 Å². The van der Waals surface area contributed by atoms with Gasteiger partial charge in [-0.05, 0) is 25.3 Å². The summed E-state index contributed by atoms with van der Waals surface area (Å²) in [5.74, 6) is -0.375. The number of carbonyl (C=O) groups is 1. The fourth-order valence-corrected chi connectivity index (χ4v) is 2.20. The highest BCUT2D eigenvalue weighted by Gasteiger charge is 2.28. The summed E-state index contributed by atoms with van der Waals surface area (Å²) in [6.07, 6.45) is 3.81. The molecule has 0 spiro atoms. The lowest BCUT2D eigenvalue weighted by Crippen LogP contribution is -2.31. The summed E-state index contributed by atoms with van der Waals surface area (Å²) in [6, 6.07) is 9.93. The van der Waals surface area contributed by atoms with Crippen LogP contribution in [0.2, 0.25) is 0 Å². The van der Waals surface area contributed by atoms with E-state index in [4.69, 9.17) is 9.47 Å². The van der Waals surface area contributed by atoms with E-state index in [1.54, 1.807) is 13.0 Å². The van der Waals surface area contributed by atoms with Crippen molar-refractivity contribution in [2.75, 3.05) is 13.2 Å². The van der Waals surface area contributed by atoms with Crippen LogP contribution in [0.3, 0.4) is 0 Å². The maximum absolute atomic E-state index is 11.4. The number of esters is 1. The fraction of sp³-hybridized carbons (Fsp3) is 0.526. The Kier molecular flexibility index (Phi) is 8.59. The molecule has 0 radical (unpaired) electrons. The molecular weight excluding hydrogens is 292 g/mol. The first-order valence-electron chi connectivity index (χ1n) is 8.17. The predicted octanol–water partition coefficient (Wildman–Crippen LogP) is 3.49. The summed E-state index contributed by atoms with van der Waals surface area (Å²) < 4.78 is 10.5. The van der Waals surface area contributed by atoms with Gasteiger partial charge in [-0.1, -0.05) is 50.3 Å². The topological polar surface area (TPSA) is 55.8 Å². The largest absolute Gasteiger partial charge is 0.463 e. The summed E-state index contributed by atoms with van der Waals surface area (Å²) in [4.78, 5) is 11.4. The molecule has 0 aliphatic rings. The van der Waals surface area contributed by atoms with Gasteiger partial charge in [-0.3, -0.25) is 0 Å². The molecule has 1 N–H and O–H groups in total. The molecule has 0 fully saturated rings. The molecular formula is C19H28O4. The molecule has 4 nitrogen and oxygen atoms in total. The lowest BCUT2D eigenvalue weighted by Gasteiger charge is -2.30. The molecule has 1 aromatic rings. The quantitative estimate of drug-likeness (QED) is 0.407. The second-order valence-electron chi connectivity index (χ2n) is 5.79. The molecule has 0 amide bonds. The van der Waals surface area contributed by atoms with Crippen molar-refractivity contribution < 1.29 is 19.4 Å². The van der Waals surface area contributed by atoms with Crippen LogP contribution in [-0.4, -0.2) is 30.4 Å². The van der Waals surface area contributed by atoms with E-state index in [0.29, 0.717) is 26.2 Å². The van der Waals surface area contributed by atoms with Gasteiger partial charge in [0.15, 0.2) is 0 Å². The van der Waals surface area contributed by atoms with Gasteiger partial charge in [0.2, 0.25) is 0 Å². The minimum Gasteiger partial charge on any atom is -0.463 e. The number of rotatable bonds is 10. The molecule has 0 unspecified atom stereocenters. The van der Waals surface area contributed by atoms with E-state index in [9.17, 15) is 9.90 Å². The lowest BCUT2D eigenvalue weighted by atomic mass is 9.80. The van der Waals surface area contributed by atoms with Crippen molar-refractivity contribution >= 4 is 5.97 Å². The van der Waals surface area contributed by atoms with Gasteiger partial charge < -0.3 is 14.6 Å². The van der Waals surface area contributed by atoms with Crippen LogP contribution in [-0.2, 0) is 20.9 Å². The van der Waals surface area contributed by atoms with Crippen LogP contribution in [0.4, 0.5) is 0 Å². The molecule has 0 saturated carbocycles. The SMILES string of the molecule is CCOC(=O)/C=C/[C@](C)(CC)[C@H](O)CCOCc1ccccc1. The highest BCUT2D eigenvalue weighted by Crippen LogP contribution is 2.29. The first-order chi connectivity index (χ1) is 11.0. The maximum atomic E-state index is 11.4. The van der Waals surface area contributed by atoms with Crippen molar-refractivity contribution in [1.29, 1.82) is 0 Å². The lowest BCUT2D eigenvalue weighted by molar-refractivity contribution is -0.137. The van der Waals surface area contributed by atoms with Gasteiger partial charge in [-0.25, -0.2) is 4.79 Å². The molecule has 128 valence electrons. The van der Waals surface area contributed by atoms with Crippen LogP contribution in [0.5, 0.6) is 0 Å². The summed E-state index contributed by atoms with van der Waals surface area (Å²) in [5, 5.41) is 10.4. The number of benzene rings is 1. The van der Waals surface area contributed by atoms with Crippen molar-refractivity contribution in [1.82, 2.24) is 0 Å². The van der Waals surface area contributed by atoms with Crippen LogP contribution >= 0.6 is 0 Å². The number of hydrogen-bond donors (Lipinski definition) is 1. The van der Waals surface area contributed by atoms with Crippen molar-refractivity contribution in [2.45, 2.75) is 46.3 Å². The van der Waals surface area contributed by atoms with Crippen molar-refractivity contribution in [3.63, 3.8) is 0 Å². The summed E-state index contributed by atoms with van der Waals surface area (Å²) >= 11 is 0. The van der Waals surface area contributed by atoms with Gasteiger partial charge in [-0.15, -0.1) is 0 Å². The Morgan fingerprint density at radius 3 is 2.61 bits per heavy atom. The minimum absolute atomic E-state index is 0.349. The zero-order valence-electron chi connectivity index (χ0n) is 14.3. The average Bonchev–Trinajstić information content (AvgIpc) is 2.57. The Morgan fingerprint density at radius 2 is 2.00 bits per heavy atom. The van der Waals surface area contributed by atoms with E-state index in [2.05, 4.69) is 0 Å². The second-order valence-corrected chi connectivity index (χ2v) is 5.79. The molecule has 1 rings (SSSR count). The average molecular weight is 320 g/mol. The summed E-state index contributed by atoms with van der Waals surface area (Å²) in [6.45, 7) is 7.05. The van der Waals surface area contributed by atoms with Gasteiger partial charge in [-0.2, -0.15) is 0 Å². The molecule has 2 atom stereocenters. The summed E-state index contributed by atoms with van der Waals surface area (Å²) in [7, 11) is 0. The molecule has 1 aromatic carbocycles. The monoisotopic (exact) mass is 320 g/mol. The number of carbonyl (C=O) groups excluding carboxylic acids is 1. The number of ether oxygens (including phenoxy) is 2. The zero-order valence-corrected chi connectivity index (χ0v) is 14.3. The minimum atomic E-state index is -0.575. The smallest absolute Gasteiger partial charge is 0.330 e. The highest BCUT2D eigenvalue weighted by molar-refractivity contribution is 5.82. The Labute approximate surface area is 139 Å². The highest BCUT2D eigenvalue weighted by atomic mass is 16.5. The zero-order chi connectivity index (χ0) is 17.1. The molecule has 0 aliphatic heterocycles. The molecule has 4 heteroatoms. The third kappa shape index (κ3) is 6.97. The first kappa shape index (κ1) is 19.4. The van der Waals surface area contributed by atoms with Crippen LogP contribution in [0.15, 0.2) is 42.5 Å². The van der Waals surface area contributed by atoms with Crippen molar-refractivity contribution in [3.8, 4) is 0 Å². The Balaban J connectivity index is 2.43.